The summed E-state index contributed by atoms with van der Waals surface area (Å²) in [5.41, 5.74) is 1.48. The SMILES string of the molecule is CNc1ccc(S(=O)(=O)C(=O)OCc2ccccc2)cc1. The zero-order chi connectivity index (χ0) is 15.3. The molecule has 0 fully saturated rings. The van der Waals surface area contributed by atoms with Gasteiger partial charge in [0.2, 0.25) is 0 Å². The summed E-state index contributed by atoms with van der Waals surface area (Å²) in [4.78, 5) is 11.7. The van der Waals surface area contributed by atoms with Crippen LogP contribution < -0.4 is 5.32 Å². The third-order valence-electron chi connectivity index (χ3n) is 2.87. The fourth-order valence-electron chi connectivity index (χ4n) is 1.69. The van der Waals surface area contributed by atoms with Gasteiger partial charge in [0.15, 0.2) is 0 Å². The van der Waals surface area contributed by atoms with E-state index in [0.29, 0.717) is 0 Å². The first-order valence-corrected chi connectivity index (χ1v) is 7.76. The summed E-state index contributed by atoms with van der Waals surface area (Å²) in [6, 6.07) is 14.8. The van der Waals surface area contributed by atoms with E-state index in [0.717, 1.165) is 11.3 Å². The maximum Gasteiger partial charge on any atom is 0.429 e. The monoisotopic (exact) mass is 305 g/mol. The van der Waals surface area contributed by atoms with Crippen LogP contribution in [0.2, 0.25) is 0 Å². The number of hydrogen-bond donors (Lipinski definition) is 1. The molecule has 0 heterocycles. The zero-order valence-electron chi connectivity index (χ0n) is 11.4. The molecule has 0 spiro atoms. The summed E-state index contributed by atoms with van der Waals surface area (Å²) in [5.74, 6) is 0. The molecule has 2 aromatic carbocycles. The third kappa shape index (κ3) is 3.61. The van der Waals surface area contributed by atoms with Crippen LogP contribution in [0.25, 0.3) is 0 Å². The van der Waals surface area contributed by atoms with E-state index in [4.69, 9.17) is 4.74 Å². The van der Waals surface area contributed by atoms with Gasteiger partial charge in [-0.2, -0.15) is 0 Å². The molecule has 0 aliphatic heterocycles. The molecule has 0 aliphatic rings. The second-order valence-corrected chi connectivity index (χ2v) is 6.11. The van der Waals surface area contributed by atoms with Crippen molar-refractivity contribution in [3.05, 3.63) is 60.2 Å². The van der Waals surface area contributed by atoms with Crippen molar-refractivity contribution in [2.75, 3.05) is 12.4 Å². The molecular formula is C15H15NO4S. The molecule has 0 saturated carbocycles. The Balaban J connectivity index is 2.09. The first-order chi connectivity index (χ1) is 10.0. The van der Waals surface area contributed by atoms with Crippen LogP contribution >= 0.6 is 0 Å². The summed E-state index contributed by atoms with van der Waals surface area (Å²) in [5, 5.41) is 1.62. The molecule has 2 aromatic rings. The van der Waals surface area contributed by atoms with Crippen molar-refractivity contribution in [2.24, 2.45) is 0 Å². The number of ether oxygens (including phenoxy) is 1. The number of carbonyl (C=O) groups is 1. The van der Waals surface area contributed by atoms with Gasteiger partial charge in [-0.25, -0.2) is 13.2 Å². The molecule has 0 unspecified atom stereocenters. The van der Waals surface area contributed by atoms with Gasteiger partial charge in [0, 0.05) is 12.7 Å². The lowest BCUT2D eigenvalue weighted by molar-refractivity contribution is 0.166. The number of anilines is 1. The first kappa shape index (κ1) is 15.1. The molecule has 110 valence electrons. The van der Waals surface area contributed by atoms with Crippen LogP contribution in [-0.4, -0.2) is 20.8 Å². The normalized spacial score (nSPS) is 10.9. The Morgan fingerprint density at radius 2 is 1.67 bits per heavy atom. The number of sulfone groups is 1. The van der Waals surface area contributed by atoms with E-state index in [-0.39, 0.29) is 11.5 Å². The minimum absolute atomic E-state index is 0.0759. The molecule has 0 saturated heterocycles. The fraction of sp³-hybridized carbons (Fsp3) is 0.133. The highest BCUT2D eigenvalue weighted by atomic mass is 32.2. The van der Waals surface area contributed by atoms with E-state index in [1.54, 1.807) is 43.4 Å². The minimum Gasteiger partial charge on any atom is -0.449 e. The average Bonchev–Trinajstić information content (AvgIpc) is 2.53. The predicted octanol–water partition coefficient (Wildman–Crippen LogP) is 2.84. The lowest BCUT2D eigenvalue weighted by Crippen LogP contribution is -2.16. The quantitative estimate of drug-likeness (QED) is 0.879. The van der Waals surface area contributed by atoms with Gasteiger partial charge in [-0.05, 0) is 29.8 Å². The molecule has 5 nitrogen and oxygen atoms in total. The maximum absolute atomic E-state index is 12.1. The van der Waals surface area contributed by atoms with Crippen molar-refractivity contribution >= 4 is 20.8 Å². The molecule has 6 heteroatoms. The molecule has 0 bridgehead atoms. The van der Waals surface area contributed by atoms with E-state index in [1.807, 2.05) is 6.07 Å². The van der Waals surface area contributed by atoms with E-state index in [1.165, 1.54) is 12.1 Å². The van der Waals surface area contributed by atoms with Gasteiger partial charge in [-0.3, -0.25) is 0 Å². The summed E-state index contributed by atoms with van der Waals surface area (Å²) >= 11 is 0. The van der Waals surface area contributed by atoms with Gasteiger partial charge >= 0.3 is 5.30 Å². The number of nitrogens with one attached hydrogen (secondary N) is 1. The van der Waals surface area contributed by atoms with Crippen molar-refractivity contribution < 1.29 is 17.9 Å². The van der Waals surface area contributed by atoms with Crippen LogP contribution in [0, 0.1) is 0 Å². The largest absolute Gasteiger partial charge is 0.449 e. The third-order valence-corrected chi connectivity index (χ3v) is 4.32. The Kier molecular flexibility index (Phi) is 4.59. The van der Waals surface area contributed by atoms with Gasteiger partial charge in [-0.15, -0.1) is 0 Å². The molecule has 0 atom stereocenters. The van der Waals surface area contributed by atoms with Gasteiger partial charge < -0.3 is 10.1 Å². The number of rotatable bonds is 4. The molecule has 0 amide bonds. The highest BCUT2D eigenvalue weighted by molar-refractivity contribution is 8.05. The molecule has 0 aromatic heterocycles. The molecule has 0 radical (unpaired) electrons. The average molecular weight is 305 g/mol. The fourth-order valence-corrected chi connectivity index (χ4v) is 2.59. The second kappa shape index (κ2) is 6.41. The predicted molar refractivity (Wildman–Crippen MR) is 79.8 cm³/mol. The smallest absolute Gasteiger partial charge is 0.429 e. The van der Waals surface area contributed by atoms with E-state index in [9.17, 15) is 13.2 Å². The minimum atomic E-state index is -4.12. The van der Waals surface area contributed by atoms with Gasteiger partial charge in [0.1, 0.15) is 6.61 Å². The van der Waals surface area contributed by atoms with Crippen LogP contribution in [0.3, 0.4) is 0 Å². The molecule has 1 N–H and O–H groups in total. The lowest BCUT2D eigenvalue weighted by Gasteiger charge is -2.06. The number of carbonyl (C=O) groups excluding carboxylic acids is 1. The number of hydrogen-bond acceptors (Lipinski definition) is 5. The standard InChI is InChI=1S/C15H15NO4S/c1-16-13-7-9-14(10-8-13)21(18,19)15(17)20-11-12-5-3-2-4-6-12/h2-10,16H,11H2,1H3. The van der Waals surface area contributed by atoms with E-state index in [2.05, 4.69) is 5.32 Å². The van der Waals surface area contributed by atoms with Crippen LogP contribution in [0.1, 0.15) is 5.56 Å². The van der Waals surface area contributed by atoms with Crippen molar-refractivity contribution in [1.82, 2.24) is 0 Å². The van der Waals surface area contributed by atoms with Gasteiger partial charge in [0.25, 0.3) is 9.84 Å². The van der Waals surface area contributed by atoms with E-state index >= 15 is 0 Å². The molecule has 21 heavy (non-hydrogen) atoms. The molecule has 2 rings (SSSR count). The summed E-state index contributed by atoms with van der Waals surface area (Å²) in [7, 11) is -2.40. The highest BCUT2D eigenvalue weighted by Crippen LogP contribution is 2.17. The Bertz CT molecular complexity index is 709. The topological polar surface area (TPSA) is 72.5 Å². The van der Waals surface area contributed by atoms with Crippen molar-refractivity contribution in [3.8, 4) is 0 Å². The van der Waals surface area contributed by atoms with Gasteiger partial charge in [-0.1, -0.05) is 30.3 Å². The number of benzene rings is 2. The molecule has 0 aliphatic carbocycles. The highest BCUT2D eigenvalue weighted by Gasteiger charge is 2.26. The second-order valence-electron chi connectivity index (χ2n) is 4.30. The van der Waals surface area contributed by atoms with Crippen molar-refractivity contribution in [2.45, 2.75) is 11.5 Å². The summed E-state index contributed by atoms with van der Waals surface area (Å²) in [6.45, 7) is -0.0759. The van der Waals surface area contributed by atoms with E-state index < -0.39 is 15.1 Å². The Morgan fingerprint density at radius 3 is 2.24 bits per heavy atom. The Hall–Kier alpha value is -2.34. The van der Waals surface area contributed by atoms with Crippen LogP contribution in [0.5, 0.6) is 0 Å². The van der Waals surface area contributed by atoms with Gasteiger partial charge in [0.05, 0.1) is 4.90 Å². The Morgan fingerprint density at radius 1 is 1.05 bits per heavy atom. The zero-order valence-corrected chi connectivity index (χ0v) is 12.3. The van der Waals surface area contributed by atoms with Crippen molar-refractivity contribution in [3.63, 3.8) is 0 Å². The summed E-state index contributed by atoms with van der Waals surface area (Å²) in [6.07, 6.45) is 0. The summed E-state index contributed by atoms with van der Waals surface area (Å²) < 4.78 is 29.0. The Labute approximate surface area is 123 Å². The van der Waals surface area contributed by atoms with Crippen LogP contribution in [0.15, 0.2) is 59.5 Å². The molecular weight excluding hydrogens is 290 g/mol. The first-order valence-electron chi connectivity index (χ1n) is 6.27. The van der Waals surface area contributed by atoms with Crippen LogP contribution in [0.4, 0.5) is 10.5 Å². The van der Waals surface area contributed by atoms with Crippen LogP contribution in [-0.2, 0) is 21.2 Å². The lowest BCUT2D eigenvalue weighted by atomic mass is 10.2. The maximum atomic E-state index is 12.1. The van der Waals surface area contributed by atoms with Crippen molar-refractivity contribution in [1.29, 1.82) is 0 Å².